The molecule has 0 bridgehead atoms. The number of piperidine rings is 1. The van der Waals surface area contributed by atoms with Crippen molar-refractivity contribution in [2.75, 3.05) is 13.7 Å². The lowest BCUT2D eigenvalue weighted by Gasteiger charge is -2.27. The first kappa shape index (κ1) is 16.7. The summed E-state index contributed by atoms with van der Waals surface area (Å²) < 4.78 is 5.06. The quantitative estimate of drug-likeness (QED) is 0.885. The lowest BCUT2D eigenvalue weighted by molar-refractivity contribution is -0.126. The standard InChI is InChI=1S/C14H21N3O2.ClH/c1-10-8-11(6-7-15-10)14(18)16-9-12-4-3-5-13(17-12)19-2;/h3-5,10-11,15H,6-9H2,1-2H3,(H,16,18);1H/t10-,11-;/m0./s1. The van der Waals surface area contributed by atoms with Gasteiger partial charge in [-0.3, -0.25) is 4.79 Å². The fourth-order valence-corrected chi connectivity index (χ4v) is 2.36. The third kappa shape index (κ3) is 4.65. The summed E-state index contributed by atoms with van der Waals surface area (Å²) in [6.07, 6.45) is 1.80. The monoisotopic (exact) mass is 299 g/mol. The van der Waals surface area contributed by atoms with E-state index < -0.39 is 0 Å². The molecule has 2 atom stereocenters. The van der Waals surface area contributed by atoms with Gasteiger partial charge in [-0.2, -0.15) is 0 Å². The smallest absolute Gasteiger partial charge is 0.223 e. The zero-order chi connectivity index (χ0) is 13.7. The van der Waals surface area contributed by atoms with Crippen molar-refractivity contribution in [1.82, 2.24) is 15.6 Å². The van der Waals surface area contributed by atoms with Crippen molar-refractivity contribution in [3.8, 4) is 5.88 Å². The van der Waals surface area contributed by atoms with Crippen LogP contribution in [-0.2, 0) is 11.3 Å². The van der Waals surface area contributed by atoms with Gasteiger partial charge in [-0.1, -0.05) is 6.07 Å². The Hall–Kier alpha value is -1.33. The van der Waals surface area contributed by atoms with E-state index in [0.717, 1.165) is 25.1 Å². The molecule has 112 valence electrons. The van der Waals surface area contributed by atoms with Gasteiger partial charge in [-0.25, -0.2) is 4.98 Å². The molecular weight excluding hydrogens is 278 g/mol. The molecular formula is C14H22ClN3O2. The van der Waals surface area contributed by atoms with E-state index in [1.165, 1.54) is 0 Å². The number of pyridine rings is 1. The van der Waals surface area contributed by atoms with Crippen LogP contribution >= 0.6 is 12.4 Å². The van der Waals surface area contributed by atoms with E-state index in [1.54, 1.807) is 13.2 Å². The maximum Gasteiger partial charge on any atom is 0.223 e. The van der Waals surface area contributed by atoms with Crippen LogP contribution < -0.4 is 15.4 Å². The highest BCUT2D eigenvalue weighted by Crippen LogP contribution is 2.16. The minimum Gasteiger partial charge on any atom is -0.481 e. The summed E-state index contributed by atoms with van der Waals surface area (Å²) >= 11 is 0. The summed E-state index contributed by atoms with van der Waals surface area (Å²) in [5.41, 5.74) is 0.815. The normalized spacial score (nSPS) is 21.7. The largest absolute Gasteiger partial charge is 0.481 e. The first-order valence-corrected chi connectivity index (χ1v) is 6.70. The van der Waals surface area contributed by atoms with Gasteiger partial charge >= 0.3 is 0 Å². The number of carbonyl (C=O) groups is 1. The fraction of sp³-hybridized carbons (Fsp3) is 0.571. The average Bonchev–Trinajstić information content (AvgIpc) is 2.45. The van der Waals surface area contributed by atoms with Crippen LogP contribution in [0.15, 0.2) is 18.2 Å². The topological polar surface area (TPSA) is 63.2 Å². The van der Waals surface area contributed by atoms with Crippen LogP contribution in [0.5, 0.6) is 5.88 Å². The second-order valence-corrected chi connectivity index (χ2v) is 4.97. The molecule has 5 nitrogen and oxygen atoms in total. The van der Waals surface area contributed by atoms with Gasteiger partial charge in [0.2, 0.25) is 11.8 Å². The van der Waals surface area contributed by atoms with Crippen LogP contribution in [-0.4, -0.2) is 30.6 Å². The van der Waals surface area contributed by atoms with E-state index in [2.05, 4.69) is 22.5 Å². The Bertz CT molecular complexity index is 442. The Labute approximate surface area is 125 Å². The first-order valence-electron chi connectivity index (χ1n) is 6.70. The second kappa shape index (κ2) is 8.07. The summed E-state index contributed by atoms with van der Waals surface area (Å²) in [7, 11) is 1.58. The third-order valence-electron chi connectivity index (χ3n) is 3.43. The number of carbonyl (C=O) groups excluding carboxylic acids is 1. The van der Waals surface area contributed by atoms with Crippen molar-refractivity contribution < 1.29 is 9.53 Å². The fourth-order valence-electron chi connectivity index (χ4n) is 2.36. The number of aromatic nitrogens is 1. The number of halogens is 1. The zero-order valence-corrected chi connectivity index (χ0v) is 12.7. The number of ether oxygens (including phenoxy) is 1. The summed E-state index contributed by atoms with van der Waals surface area (Å²) in [5.74, 6) is 0.807. The molecule has 6 heteroatoms. The van der Waals surface area contributed by atoms with Crippen LogP contribution in [0.2, 0.25) is 0 Å². The molecule has 1 aliphatic rings. The second-order valence-electron chi connectivity index (χ2n) is 4.97. The molecule has 1 amide bonds. The van der Waals surface area contributed by atoms with E-state index in [1.807, 2.05) is 12.1 Å². The Morgan fingerprint density at radius 2 is 2.35 bits per heavy atom. The van der Waals surface area contributed by atoms with Gasteiger partial charge < -0.3 is 15.4 Å². The van der Waals surface area contributed by atoms with Gasteiger partial charge in [0, 0.05) is 18.0 Å². The SMILES string of the molecule is COc1cccc(CNC(=O)[C@H]2CCN[C@@H](C)C2)n1.Cl. The maximum absolute atomic E-state index is 12.1. The van der Waals surface area contributed by atoms with E-state index >= 15 is 0 Å². The summed E-state index contributed by atoms with van der Waals surface area (Å²) in [6.45, 7) is 3.48. The van der Waals surface area contributed by atoms with Crippen LogP contribution in [0.3, 0.4) is 0 Å². The molecule has 0 radical (unpaired) electrons. The van der Waals surface area contributed by atoms with Crippen molar-refractivity contribution in [1.29, 1.82) is 0 Å². The van der Waals surface area contributed by atoms with E-state index in [4.69, 9.17) is 4.74 Å². The van der Waals surface area contributed by atoms with Crippen LogP contribution in [0.1, 0.15) is 25.5 Å². The highest BCUT2D eigenvalue weighted by molar-refractivity contribution is 5.85. The number of amides is 1. The number of hydrogen-bond donors (Lipinski definition) is 2. The van der Waals surface area contributed by atoms with Crippen molar-refractivity contribution in [2.45, 2.75) is 32.4 Å². The first-order chi connectivity index (χ1) is 9.19. The van der Waals surface area contributed by atoms with Crippen LogP contribution in [0.4, 0.5) is 0 Å². The highest BCUT2D eigenvalue weighted by atomic mass is 35.5. The number of nitrogens with one attached hydrogen (secondary N) is 2. The van der Waals surface area contributed by atoms with E-state index in [0.29, 0.717) is 18.5 Å². The highest BCUT2D eigenvalue weighted by Gasteiger charge is 2.24. The van der Waals surface area contributed by atoms with Gasteiger partial charge in [0.05, 0.1) is 19.3 Å². The van der Waals surface area contributed by atoms with Crippen LogP contribution in [0, 0.1) is 5.92 Å². The minimum absolute atomic E-state index is 0. The molecule has 0 aliphatic carbocycles. The molecule has 1 aromatic heterocycles. The lowest BCUT2D eigenvalue weighted by atomic mass is 9.92. The molecule has 0 aromatic carbocycles. The molecule has 1 aromatic rings. The van der Waals surface area contributed by atoms with Gasteiger partial charge in [0.25, 0.3) is 0 Å². The zero-order valence-electron chi connectivity index (χ0n) is 11.9. The minimum atomic E-state index is 0. The van der Waals surface area contributed by atoms with Gasteiger partial charge in [0.15, 0.2) is 0 Å². The van der Waals surface area contributed by atoms with Gasteiger partial charge in [-0.15, -0.1) is 12.4 Å². The molecule has 1 saturated heterocycles. The molecule has 0 unspecified atom stereocenters. The number of rotatable bonds is 4. The molecule has 2 heterocycles. The summed E-state index contributed by atoms with van der Waals surface area (Å²) in [6, 6.07) is 5.97. The molecule has 20 heavy (non-hydrogen) atoms. The van der Waals surface area contributed by atoms with Crippen molar-refractivity contribution in [3.05, 3.63) is 23.9 Å². The van der Waals surface area contributed by atoms with Gasteiger partial charge in [-0.05, 0) is 32.4 Å². The lowest BCUT2D eigenvalue weighted by Crippen LogP contribution is -2.42. The van der Waals surface area contributed by atoms with Crippen molar-refractivity contribution in [2.24, 2.45) is 5.92 Å². The van der Waals surface area contributed by atoms with E-state index in [-0.39, 0.29) is 24.2 Å². The Morgan fingerprint density at radius 1 is 1.55 bits per heavy atom. The molecule has 0 spiro atoms. The number of methoxy groups -OCH3 is 1. The summed E-state index contributed by atoms with van der Waals surface area (Å²) in [5, 5.41) is 6.30. The third-order valence-corrected chi connectivity index (χ3v) is 3.43. The number of nitrogens with zero attached hydrogens (tertiary/aromatic N) is 1. The maximum atomic E-state index is 12.1. The molecule has 2 N–H and O–H groups in total. The van der Waals surface area contributed by atoms with Crippen LogP contribution in [0.25, 0.3) is 0 Å². The molecule has 2 rings (SSSR count). The number of hydrogen-bond acceptors (Lipinski definition) is 4. The Balaban J connectivity index is 0.00000200. The molecule has 1 aliphatic heterocycles. The predicted molar refractivity (Wildman–Crippen MR) is 80.1 cm³/mol. The molecule has 1 fully saturated rings. The average molecular weight is 300 g/mol. The Morgan fingerprint density at radius 3 is 3.05 bits per heavy atom. The predicted octanol–water partition coefficient (Wildman–Crippen LogP) is 1.52. The van der Waals surface area contributed by atoms with Crippen molar-refractivity contribution in [3.63, 3.8) is 0 Å². The van der Waals surface area contributed by atoms with E-state index in [9.17, 15) is 4.79 Å². The summed E-state index contributed by atoms with van der Waals surface area (Å²) in [4.78, 5) is 16.3. The Kier molecular flexibility index (Phi) is 6.75. The molecule has 0 saturated carbocycles. The van der Waals surface area contributed by atoms with Gasteiger partial charge in [0.1, 0.15) is 0 Å². The van der Waals surface area contributed by atoms with Crippen molar-refractivity contribution >= 4 is 18.3 Å².